The third-order valence-corrected chi connectivity index (χ3v) is 3.15. The van der Waals surface area contributed by atoms with Crippen LogP contribution in [-0.2, 0) is 4.74 Å². The summed E-state index contributed by atoms with van der Waals surface area (Å²) in [6.45, 7) is 1.41. The first-order valence-electron chi connectivity index (χ1n) is 5.35. The zero-order chi connectivity index (χ0) is 13.5. The van der Waals surface area contributed by atoms with Crippen molar-refractivity contribution in [3.8, 4) is 0 Å². The summed E-state index contributed by atoms with van der Waals surface area (Å²) >= 11 is 8.01. The number of nitrogens with two attached hydrogens (primary N) is 1. The SMILES string of the molecule is COCCN(CCC(N)=S)C(=O)c1ccoc1Br. The average Bonchev–Trinajstić information content (AvgIpc) is 2.74. The van der Waals surface area contributed by atoms with Gasteiger partial charge in [-0.3, -0.25) is 4.79 Å². The Balaban J connectivity index is 2.72. The molecule has 2 N–H and O–H groups in total. The lowest BCUT2D eigenvalue weighted by atomic mass is 10.2. The topological polar surface area (TPSA) is 68.7 Å². The van der Waals surface area contributed by atoms with Crippen LogP contribution >= 0.6 is 28.1 Å². The molecule has 0 aliphatic rings. The van der Waals surface area contributed by atoms with Gasteiger partial charge in [0.25, 0.3) is 5.91 Å². The van der Waals surface area contributed by atoms with Gasteiger partial charge in [-0.05, 0) is 22.0 Å². The number of rotatable bonds is 7. The standard InChI is InChI=1S/C11H15BrN2O3S/c1-16-7-5-14(4-2-9(13)18)11(15)8-3-6-17-10(8)12/h3,6H,2,4-5,7H2,1H3,(H2,13,18). The number of thiocarbonyl (C=S) groups is 1. The average molecular weight is 335 g/mol. The van der Waals surface area contributed by atoms with E-state index in [4.69, 9.17) is 27.1 Å². The first-order chi connectivity index (χ1) is 8.56. The highest BCUT2D eigenvalue weighted by Crippen LogP contribution is 2.19. The highest BCUT2D eigenvalue weighted by Gasteiger charge is 2.19. The van der Waals surface area contributed by atoms with Gasteiger partial charge < -0.3 is 19.8 Å². The van der Waals surface area contributed by atoms with Gasteiger partial charge in [-0.25, -0.2) is 0 Å². The van der Waals surface area contributed by atoms with Gasteiger partial charge in [0.2, 0.25) is 0 Å². The summed E-state index contributed by atoms with van der Waals surface area (Å²) in [6.07, 6.45) is 1.94. The van der Waals surface area contributed by atoms with E-state index in [0.717, 1.165) is 0 Å². The summed E-state index contributed by atoms with van der Waals surface area (Å²) in [4.78, 5) is 14.3. The van der Waals surface area contributed by atoms with Crippen molar-refractivity contribution in [3.63, 3.8) is 0 Å². The third kappa shape index (κ3) is 4.40. The highest BCUT2D eigenvalue weighted by molar-refractivity contribution is 9.10. The lowest BCUT2D eigenvalue weighted by molar-refractivity contribution is 0.0699. The summed E-state index contributed by atoms with van der Waals surface area (Å²) in [5, 5.41) is 0. The molecule has 0 saturated carbocycles. The molecule has 5 nitrogen and oxygen atoms in total. The number of amides is 1. The number of methoxy groups -OCH3 is 1. The van der Waals surface area contributed by atoms with E-state index >= 15 is 0 Å². The van der Waals surface area contributed by atoms with Crippen molar-refractivity contribution in [3.05, 3.63) is 22.6 Å². The Morgan fingerprint density at radius 3 is 2.83 bits per heavy atom. The van der Waals surface area contributed by atoms with Gasteiger partial charge in [-0.2, -0.15) is 0 Å². The van der Waals surface area contributed by atoms with Gasteiger partial charge in [0.1, 0.15) is 0 Å². The largest absolute Gasteiger partial charge is 0.457 e. The number of furan rings is 1. The maximum Gasteiger partial charge on any atom is 0.258 e. The Labute approximate surface area is 119 Å². The number of halogens is 1. The Morgan fingerprint density at radius 2 is 2.33 bits per heavy atom. The fourth-order valence-electron chi connectivity index (χ4n) is 1.38. The second kappa shape index (κ2) is 7.50. The number of carbonyl (C=O) groups excluding carboxylic acids is 1. The highest BCUT2D eigenvalue weighted by atomic mass is 79.9. The molecule has 0 aliphatic carbocycles. The minimum Gasteiger partial charge on any atom is -0.457 e. The molecule has 0 spiro atoms. The Kier molecular flexibility index (Phi) is 6.31. The van der Waals surface area contributed by atoms with Crippen molar-refractivity contribution in [2.45, 2.75) is 6.42 Å². The second-order valence-corrected chi connectivity index (χ2v) is 4.85. The number of nitrogens with zero attached hydrogens (tertiary/aromatic N) is 1. The van der Waals surface area contributed by atoms with E-state index in [1.54, 1.807) is 18.1 Å². The molecule has 7 heteroatoms. The predicted molar refractivity (Wildman–Crippen MR) is 75.6 cm³/mol. The summed E-state index contributed by atoms with van der Waals surface area (Å²) in [5.41, 5.74) is 5.93. The molecule has 0 unspecified atom stereocenters. The van der Waals surface area contributed by atoms with E-state index in [1.165, 1.54) is 6.26 Å². The molecule has 0 atom stereocenters. The van der Waals surface area contributed by atoms with E-state index in [-0.39, 0.29) is 5.91 Å². The Hall–Kier alpha value is -0.920. The van der Waals surface area contributed by atoms with E-state index in [1.807, 2.05) is 0 Å². The normalized spacial score (nSPS) is 10.3. The number of ether oxygens (including phenoxy) is 1. The minimum atomic E-state index is -0.135. The zero-order valence-corrected chi connectivity index (χ0v) is 12.4. The van der Waals surface area contributed by atoms with Crippen molar-refractivity contribution in [2.24, 2.45) is 5.73 Å². The van der Waals surface area contributed by atoms with Crippen molar-refractivity contribution in [1.82, 2.24) is 4.90 Å². The molecule has 0 bridgehead atoms. The molecule has 1 heterocycles. The van der Waals surface area contributed by atoms with Crippen molar-refractivity contribution in [2.75, 3.05) is 26.8 Å². The maximum atomic E-state index is 12.2. The molecule has 100 valence electrons. The van der Waals surface area contributed by atoms with Crippen molar-refractivity contribution >= 4 is 39.0 Å². The molecule has 1 rings (SSSR count). The predicted octanol–water partition coefficient (Wildman–Crippen LogP) is 1.81. The van der Waals surface area contributed by atoms with Gasteiger partial charge in [0.15, 0.2) is 4.67 Å². The smallest absolute Gasteiger partial charge is 0.258 e. The lowest BCUT2D eigenvalue weighted by Crippen LogP contribution is -2.36. The molecule has 18 heavy (non-hydrogen) atoms. The third-order valence-electron chi connectivity index (χ3n) is 2.33. The van der Waals surface area contributed by atoms with E-state index in [0.29, 0.717) is 41.3 Å². The summed E-state index contributed by atoms with van der Waals surface area (Å²) in [5.74, 6) is -0.135. The lowest BCUT2D eigenvalue weighted by Gasteiger charge is -2.21. The van der Waals surface area contributed by atoms with Crippen LogP contribution in [0, 0.1) is 0 Å². The quantitative estimate of drug-likeness (QED) is 0.770. The fourth-order valence-corrected chi connectivity index (χ4v) is 1.88. The summed E-state index contributed by atoms with van der Waals surface area (Å²) < 4.78 is 10.5. The monoisotopic (exact) mass is 334 g/mol. The molecule has 1 aromatic rings. The van der Waals surface area contributed by atoms with Gasteiger partial charge in [-0.1, -0.05) is 12.2 Å². The Bertz CT molecular complexity index is 422. The number of carbonyl (C=O) groups is 1. The van der Waals surface area contributed by atoms with Crippen LogP contribution in [0.15, 0.2) is 21.4 Å². The van der Waals surface area contributed by atoms with E-state index < -0.39 is 0 Å². The van der Waals surface area contributed by atoms with Gasteiger partial charge in [-0.15, -0.1) is 0 Å². The van der Waals surface area contributed by atoms with E-state index in [2.05, 4.69) is 15.9 Å². The first kappa shape index (κ1) is 15.1. The fraction of sp³-hybridized carbons (Fsp3) is 0.455. The van der Waals surface area contributed by atoms with Crippen LogP contribution in [0.3, 0.4) is 0 Å². The van der Waals surface area contributed by atoms with Crippen LogP contribution in [-0.4, -0.2) is 42.6 Å². The summed E-state index contributed by atoms with van der Waals surface area (Å²) in [6, 6.07) is 1.62. The molecule has 1 aromatic heterocycles. The molecule has 0 radical (unpaired) electrons. The molecule has 0 saturated heterocycles. The maximum absolute atomic E-state index is 12.2. The van der Waals surface area contributed by atoms with Crippen LogP contribution in [0.4, 0.5) is 0 Å². The van der Waals surface area contributed by atoms with Gasteiger partial charge in [0, 0.05) is 26.6 Å². The van der Waals surface area contributed by atoms with Crippen LogP contribution in [0.1, 0.15) is 16.8 Å². The molecule has 1 amide bonds. The van der Waals surface area contributed by atoms with Crippen LogP contribution in [0.5, 0.6) is 0 Å². The van der Waals surface area contributed by atoms with Gasteiger partial charge >= 0.3 is 0 Å². The molecular weight excluding hydrogens is 320 g/mol. The van der Waals surface area contributed by atoms with Gasteiger partial charge in [0.05, 0.1) is 23.4 Å². The second-order valence-electron chi connectivity index (χ2n) is 3.61. The minimum absolute atomic E-state index is 0.135. The first-order valence-corrected chi connectivity index (χ1v) is 6.56. The Morgan fingerprint density at radius 1 is 1.61 bits per heavy atom. The zero-order valence-electron chi connectivity index (χ0n) is 10.0. The number of hydrogen-bond donors (Lipinski definition) is 1. The molecule has 0 aliphatic heterocycles. The van der Waals surface area contributed by atoms with E-state index in [9.17, 15) is 4.79 Å². The summed E-state index contributed by atoms with van der Waals surface area (Å²) in [7, 11) is 1.59. The number of hydrogen-bond acceptors (Lipinski definition) is 4. The van der Waals surface area contributed by atoms with Crippen molar-refractivity contribution < 1.29 is 13.9 Å². The molecule has 0 aromatic carbocycles. The van der Waals surface area contributed by atoms with Crippen molar-refractivity contribution in [1.29, 1.82) is 0 Å². The molecular formula is C11H15BrN2O3S. The van der Waals surface area contributed by atoms with Crippen LogP contribution < -0.4 is 5.73 Å². The van der Waals surface area contributed by atoms with Crippen LogP contribution in [0.25, 0.3) is 0 Å². The molecule has 0 fully saturated rings. The van der Waals surface area contributed by atoms with Crippen LogP contribution in [0.2, 0.25) is 0 Å².